The average molecular weight is 351 g/mol. The first-order valence-corrected chi connectivity index (χ1v) is 9.29. The molecule has 0 fully saturated rings. The van der Waals surface area contributed by atoms with Crippen molar-refractivity contribution in [2.75, 3.05) is 17.8 Å². The van der Waals surface area contributed by atoms with Gasteiger partial charge in [-0.15, -0.1) is 11.8 Å². The fourth-order valence-corrected chi connectivity index (χ4v) is 3.80. The number of rotatable bonds is 6. The molecule has 0 radical (unpaired) electrons. The third-order valence-electron chi connectivity index (χ3n) is 2.32. The second-order valence-electron chi connectivity index (χ2n) is 4.01. The van der Waals surface area contributed by atoms with E-state index in [2.05, 4.69) is 15.9 Å². The van der Waals surface area contributed by atoms with Gasteiger partial charge in [0, 0.05) is 22.0 Å². The van der Waals surface area contributed by atoms with Crippen LogP contribution in [0.25, 0.3) is 0 Å². The number of hydrogen-bond donors (Lipinski definition) is 0. The van der Waals surface area contributed by atoms with E-state index in [9.17, 15) is 13.2 Å². The van der Waals surface area contributed by atoms with Gasteiger partial charge in [-0.3, -0.25) is 4.79 Å². The number of halogens is 1. The first-order valence-electron chi connectivity index (χ1n) is 5.39. The van der Waals surface area contributed by atoms with Crippen molar-refractivity contribution in [1.82, 2.24) is 0 Å². The van der Waals surface area contributed by atoms with Crippen molar-refractivity contribution < 1.29 is 13.2 Å². The molecule has 0 saturated heterocycles. The zero-order valence-electron chi connectivity index (χ0n) is 10.2. The van der Waals surface area contributed by atoms with Gasteiger partial charge in [-0.25, -0.2) is 8.42 Å². The van der Waals surface area contributed by atoms with Crippen molar-refractivity contribution in [1.29, 1.82) is 0 Å². The highest BCUT2D eigenvalue weighted by atomic mass is 79.9. The van der Waals surface area contributed by atoms with Gasteiger partial charge in [0.1, 0.15) is 9.84 Å². The summed E-state index contributed by atoms with van der Waals surface area (Å²) in [6.07, 6.45) is 1.20. The Hall–Kier alpha value is -0.330. The smallest absolute Gasteiger partial charge is 0.175 e. The standard InChI is InChI=1S/C12H15BrO3S2/c1-9(17-7-8-18(2,15)16)12(14)10-3-5-11(13)6-4-10/h3-6,9H,7-8H2,1-2H3. The van der Waals surface area contributed by atoms with Crippen LogP contribution in [0.5, 0.6) is 0 Å². The van der Waals surface area contributed by atoms with Crippen LogP contribution >= 0.6 is 27.7 Å². The van der Waals surface area contributed by atoms with Crippen molar-refractivity contribution in [2.45, 2.75) is 12.2 Å². The molecule has 0 saturated carbocycles. The molecule has 0 aliphatic rings. The number of benzene rings is 1. The van der Waals surface area contributed by atoms with Crippen LogP contribution in [0.15, 0.2) is 28.7 Å². The Morgan fingerprint density at radius 3 is 2.39 bits per heavy atom. The molecule has 0 amide bonds. The van der Waals surface area contributed by atoms with E-state index in [4.69, 9.17) is 0 Å². The van der Waals surface area contributed by atoms with Gasteiger partial charge in [0.05, 0.1) is 11.0 Å². The summed E-state index contributed by atoms with van der Waals surface area (Å²) in [5.41, 5.74) is 0.651. The van der Waals surface area contributed by atoms with Gasteiger partial charge in [0.15, 0.2) is 5.78 Å². The van der Waals surface area contributed by atoms with Gasteiger partial charge >= 0.3 is 0 Å². The Morgan fingerprint density at radius 1 is 1.33 bits per heavy atom. The maximum absolute atomic E-state index is 12.0. The summed E-state index contributed by atoms with van der Waals surface area (Å²) in [5, 5.41) is -0.229. The molecule has 18 heavy (non-hydrogen) atoms. The molecule has 1 atom stereocenters. The lowest BCUT2D eigenvalue weighted by molar-refractivity contribution is 0.0994. The first kappa shape index (κ1) is 15.7. The Morgan fingerprint density at radius 2 is 1.89 bits per heavy atom. The lowest BCUT2D eigenvalue weighted by Gasteiger charge is -2.09. The number of Topliss-reactive ketones (excluding diaryl/α,β-unsaturated/α-hetero) is 1. The highest BCUT2D eigenvalue weighted by Crippen LogP contribution is 2.18. The van der Waals surface area contributed by atoms with Crippen LogP contribution in [0.3, 0.4) is 0 Å². The van der Waals surface area contributed by atoms with E-state index in [1.54, 1.807) is 19.1 Å². The predicted molar refractivity (Wildman–Crippen MR) is 80.1 cm³/mol. The van der Waals surface area contributed by atoms with Crippen LogP contribution in [0, 0.1) is 0 Å². The fourth-order valence-electron chi connectivity index (χ4n) is 1.30. The van der Waals surface area contributed by atoms with Crippen molar-refractivity contribution in [3.8, 4) is 0 Å². The minimum Gasteiger partial charge on any atom is -0.293 e. The number of sulfone groups is 1. The lowest BCUT2D eigenvalue weighted by atomic mass is 10.1. The van der Waals surface area contributed by atoms with Crippen LogP contribution in [-0.2, 0) is 9.84 Å². The number of thioether (sulfide) groups is 1. The molecular weight excluding hydrogens is 336 g/mol. The van der Waals surface area contributed by atoms with Crippen molar-refractivity contribution in [3.63, 3.8) is 0 Å². The summed E-state index contributed by atoms with van der Waals surface area (Å²) in [5.74, 6) is 0.582. The molecule has 3 nitrogen and oxygen atoms in total. The van der Waals surface area contributed by atoms with Crippen molar-refractivity contribution in [2.24, 2.45) is 0 Å². The topological polar surface area (TPSA) is 51.2 Å². The average Bonchev–Trinajstić information content (AvgIpc) is 2.27. The van der Waals surface area contributed by atoms with E-state index >= 15 is 0 Å². The molecule has 0 spiro atoms. The van der Waals surface area contributed by atoms with E-state index in [0.717, 1.165) is 4.47 Å². The first-order chi connectivity index (χ1) is 8.29. The number of hydrogen-bond acceptors (Lipinski definition) is 4. The third-order valence-corrected chi connectivity index (χ3v) is 5.21. The summed E-state index contributed by atoms with van der Waals surface area (Å²) in [6.45, 7) is 1.80. The van der Waals surface area contributed by atoms with E-state index in [-0.39, 0.29) is 16.8 Å². The number of carbonyl (C=O) groups excluding carboxylic acids is 1. The molecule has 1 aromatic rings. The van der Waals surface area contributed by atoms with E-state index in [0.29, 0.717) is 11.3 Å². The molecule has 1 aromatic carbocycles. The summed E-state index contributed by atoms with van der Waals surface area (Å²) in [4.78, 5) is 12.0. The molecule has 0 heterocycles. The van der Waals surface area contributed by atoms with Crippen LogP contribution in [0.2, 0.25) is 0 Å². The molecule has 1 unspecified atom stereocenters. The molecule has 0 bridgehead atoms. The van der Waals surface area contributed by atoms with Crippen LogP contribution in [-0.4, -0.2) is 37.2 Å². The van der Waals surface area contributed by atoms with Crippen molar-refractivity contribution in [3.05, 3.63) is 34.3 Å². The van der Waals surface area contributed by atoms with E-state index < -0.39 is 9.84 Å². The second kappa shape index (κ2) is 6.73. The molecule has 6 heteroatoms. The van der Waals surface area contributed by atoms with E-state index in [1.165, 1.54) is 18.0 Å². The maximum Gasteiger partial charge on any atom is 0.175 e. The maximum atomic E-state index is 12.0. The van der Waals surface area contributed by atoms with Gasteiger partial charge in [0.2, 0.25) is 0 Å². The normalized spacial score (nSPS) is 13.3. The summed E-state index contributed by atoms with van der Waals surface area (Å²) in [7, 11) is -2.95. The summed E-state index contributed by atoms with van der Waals surface area (Å²) >= 11 is 4.68. The molecule has 0 N–H and O–H groups in total. The third kappa shape index (κ3) is 5.54. The van der Waals surface area contributed by atoms with Gasteiger partial charge in [-0.05, 0) is 19.1 Å². The Balaban J connectivity index is 2.54. The van der Waals surface area contributed by atoms with Gasteiger partial charge < -0.3 is 0 Å². The highest BCUT2D eigenvalue weighted by molar-refractivity contribution is 9.10. The van der Waals surface area contributed by atoms with Crippen LogP contribution < -0.4 is 0 Å². The fraction of sp³-hybridized carbons (Fsp3) is 0.417. The van der Waals surface area contributed by atoms with Gasteiger partial charge in [-0.2, -0.15) is 0 Å². The predicted octanol–water partition coefficient (Wildman–Crippen LogP) is 2.80. The van der Waals surface area contributed by atoms with Crippen molar-refractivity contribution >= 4 is 43.3 Å². The quantitative estimate of drug-likeness (QED) is 0.740. The Kier molecular flexibility index (Phi) is 5.88. The number of carbonyl (C=O) groups is 1. The minimum absolute atomic E-state index is 0.0287. The molecule has 1 rings (SSSR count). The van der Waals surface area contributed by atoms with Gasteiger partial charge in [-0.1, -0.05) is 28.1 Å². The molecule has 0 aliphatic heterocycles. The van der Waals surface area contributed by atoms with Gasteiger partial charge in [0.25, 0.3) is 0 Å². The molecule has 0 aliphatic carbocycles. The highest BCUT2D eigenvalue weighted by Gasteiger charge is 2.16. The molecule has 0 aromatic heterocycles. The van der Waals surface area contributed by atoms with E-state index in [1.807, 2.05) is 12.1 Å². The monoisotopic (exact) mass is 350 g/mol. The largest absolute Gasteiger partial charge is 0.293 e. The zero-order valence-corrected chi connectivity index (χ0v) is 13.4. The lowest BCUT2D eigenvalue weighted by Crippen LogP contribution is -2.16. The second-order valence-corrected chi connectivity index (χ2v) is 8.64. The Labute approximate surface area is 120 Å². The zero-order chi connectivity index (χ0) is 13.8. The SMILES string of the molecule is CC(SCCS(C)(=O)=O)C(=O)c1ccc(Br)cc1. The summed E-state index contributed by atoms with van der Waals surface area (Å²) < 4.78 is 22.9. The Bertz CT molecular complexity index is 509. The number of ketones is 1. The minimum atomic E-state index is -2.95. The van der Waals surface area contributed by atoms with Crippen LogP contribution in [0.4, 0.5) is 0 Å². The molecule has 100 valence electrons. The molecular formula is C12H15BrO3S2. The summed E-state index contributed by atoms with van der Waals surface area (Å²) in [6, 6.07) is 7.17. The van der Waals surface area contributed by atoms with Crippen LogP contribution in [0.1, 0.15) is 17.3 Å².